The molecule has 6 nitrogen and oxygen atoms in total. The number of hydrogen-bond donors (Lipinski definition) is 0. The molecule has 0 aliphatic heterocycles. The third-order valence-electron chi connectivity index (χ3n) is 12.1. The maximum absolute atomic E-state index is 16.4. The number of halogens is 30. The lowest BCUT2D eigenvalue weighted by molar-refractivity contribution is 0.380. The molecule has 0 radical (unpaired) electrons. The molecule has 10 aromatic rings. The molecular formula is C48F30N6. The van der Waals surface area contributed by atoms with Crippen LogP contribution < -0.4 is 0 Å². The van der Waals surface area contributed by atoms with E-state index in [1.807, 2.05) is 0 Å². The van der Waals surface area contributed by atoms with Gasteiger partial charge < -0.3 is 0 Å². The van der Waals surface area contributed by atoms with E-state index in [1.165, 1.54) is 0 Å². The topological polar surface area (TPSA) is 77.3 Å². The van der Waals surface area contributed by atoms with Crippen molar-refractivity contribution in [3.05, 3.63) is 175 Å². The summed E-state index contributed by atoms with van der Waals surface area (Å²) >= 11 is 0. The van der Waals surface area contributed by atoms with Gasteiger partial charge in [-0.25, -0.2) is 162 Å². The summed E-state index contributed by atoms with van der Waals surface area (Å²) in [5, 5.41) is -7.20. The van der Waals surface area contributed by atoms with Crippen molar-refractivity contribution in [3.8, 4) is 67.9 Å². The zero-order valence-corrected chi connectivity index (χ0v) is 38.0. The van der Waals surface area contributed by atoms with Crippen LogP contribution in [0.25, 0.3) is 101 Å². The lowest BCUT2D eigenvalue weighted by Gasteiger charge is -2.21. The Bertz CT molecular complexity index is 4070. The number of rotatable bonds is 6. The van der Waals surface area contributed by atoms with Crippen LogP contribution in [0.2, 0.25) is 0 Å². The first-order valence-corrected chi connectivity index (χ1v) is 21.1. The van der Waals surface area contributed by atoms with E-state index < -0.39 is 275 Å². The molecule has 0 unspecified atom stereocenters. The second-order valence-corrected chi connectivity index (χ2v) is 16.5. The van der Waals surface area contributed by atoms with Crippen LogP contribution in [0.1, 0.15) is 0 Å². The molecular weight excluding hydrogens is 1230 g/mol. The maximum atomic E-state index is 16.4. The minimum absolute atomic E-state index is 2.40. The summed E-state index contributed by atoms with van der Waals surface area (Å²) in [6, 6.07) is 0. The monoisotopic (exact) mass is 1230 g/mol. The summed E-state index contributed by atoms with van der Waals surface area (Å²) in [7, 11) is 0. The van der Waals surface area contributed by atoms with Gasteiger partial charge in [-0.2, -0.15) is 0 Å². The number of fused-ring (bicyclic) bond motifs is 6. The molecule has 0 N–H and O–H groups in total. The zero-order valence-electron chi connectivity index (χ0n) is 38.0. The van der Waals surface area contributed by atoms with Gasteiger partial charge in [0.2, 0.25) is 34.9 Å². The quantitative estimate of drug-likeness (QED) is 0.0714. The summed E-state index contributed by atoms with van der Waals surface area (Å²) < 4.78 is 463. The molecule has 0 atom stereocenters. The van der Waals surface area contributed by atoms with Gasteiger partial charge in [-0.1, -0.05) is 0 Å². The fourth-order valence-corrected chi connectivity index (χ4v) is 8.32. The summed E-state index contributed by atoms with van der Waals surface area (Å²) in [4.78, 5) is 18.9. The Labute approximate surface area is 436 Å². The molecule has 0 aliphatic carbocycles. The zero-order chi connectivity index (χ0) is 62.0. The Morgan fingerprint density at radius 3 is 0.393 bits per heavy atom. The van der Waals surface area contributed by atoms with E-state index in [2.05, 4.69) is 29.9 Å². The number of hydrogen-bond acceptors (Lipinski definition) is 6. The molecule has 432 valence electrons. The van der Waals surface area contributed by atoms with Crippen LogP contribution in [0.3, 0.4) is 0 Å². The van der Waals surface area contributed by atoms with E-state index in [0.717, 1.165) is 0 Å². The Morgan fingerprint density at radius 1 is 0.131 bits per heavy atom. The van der Waals surface area contributed by atoms with Gasteiger partial charge in [-0.3, -0.25) is 0 Å². The van der Waals surface area contributed by atoms with E-state index in [1.54, 1.807) is 0 Å². The van der Waals surface area contributed by atoms with Crippen molar-refractivity contribution in [3.63, 3.8) is 0 Å². The largest absolute Gasteiger partial charge is 0.227 e. The highest BCUT2D eigenvalue weighted by molar-refractivity contribution is 6.30. The molecule has 0 saturated heterocycles. The number of nitrogens with zero attached hydrogens (tertiary/aromatic N) is 6. The van der Waals surface area contributed by atoms with Crippen molar-refractivity contribution in [2.45, 2.75) is 0 Å². The SMILES string of the molecule is Fc1c(F)c(F)c(-c2nc(-c3c(F)c(F)c(F)c(F)c3F)c3c(n2)c2c(-c4c(F)c(F)c(F)c(F)c4F)nc(-c4c(F)c(F)c(F)c(F)c4F)nc2c2c(-c4c(F)c(F)c(F)c(F)c4F)nc(-c4c(F)c(F)c(F)c(F)c4F)nc32)c(F)c1F. The number of aromatic nitrogens is 6. The summed E-state index contributed by atoms with van der Waals surface area (Å²) in [5.74, 6) is -105. The molecule has 0 aliphatic rings. The second-order valence-electron chi connectivity index (χ2n) is 16.5. The fourth-order valence-electron chi connectivity index (χ4n) is 8.32. The second kappa shape index (κ2) is 19.5. The molecule has 7 aromatic carbocycles. The van der Waals surface area contributed by atoms with Crippen molar-refractivity contribution in [2.75, 3.05) is 0 Å². The van der Waals surface area contributed by atoms with Crippen LogP contribution in [-0.4, -0.2) is 29.9 Å². The molecule has 0 fully saturated rings. The highest BCUT2D eigenvalue weighted by Crippen LogP contribution is 2.50. The molecule has 0 amide bonds. The Morgan fingerprint density at radius 2 is 0.250 bits per heavy atom. The average molecular weight is 1230 g/mol. The third kappa shape index (κ3) is 7.75. The van der Waals surface area contributed by atoms with Crippen molar-refractivity contribution in [1.29, 1.82) is 0 Å². The van der Waals surface area contributed by atoms with Gasteiger partial charge >= 0.3 is 0 Å². The van der Waals surface area contributed by atoms with Crippen LogP contribution in [0, 0.1) is 175 Å². The first-order chi connectivity index (χ1) is 39.2. The highest BCUT2D eigenvalue weighted by atomic mass is 19.2. The smallest absolute Gasteiger partial charge is 0.200 e. The summed E-state index contributed by atoms with van der Waals surface area (Å²) in [5.41, 5.74) is -32.1. The molecule has 84 heavy (non-hydrogen) atoms. The summed E-state index contributed by atoms with van der Waals surface area (Å²) in [6.45, 7) is 0. The number of benzene rings is 7. The van der Waals surface area contributed by atoms with Crippen LogP contribution in [-0.2, 0) is 0 Å². The molecule has 0 saturated carbocycles. The standard InChI is InChI=1S/C48F30N6/c49-10-1(11(50)23(62)34(73)22(10)61)40-7-43(82-46(79-40)4-16(55)28(67)37(76)29(68)17(4)56)8-41(2-12(51)24(63)35(74)25(64)13(2)52)81-48(6-20(59)32(71)39(78)33(72)21(6)60)84-45(8)9-42(3-14(53)26(65)36(75)27(66)15(3)54)80-47(83-44(7)9)5-18(57)30(69)38(77)31(70)19(5)58. The maximum Gasteiger partial charge on any atom is 0.200 e. The molecule has 0 spiro atoms. The fraction of sp³-hybridized carbons (Fsp3) is 0. The molecule has 3 heterocycles. The van der Waals surface area contributed by atoms with Crippen LogP contribution in [0.4, 0.5) is 132 Å². The molecule has 0 bridgehead atoms. The van der Waals surface area contributed by atoms with Gasteiger partial charge in [0.1, 0.15) is 0 Å². The molecule has 3 aromatic heterocycles. The molecule has 10 rings (SSSR count). The third-order valence-corrected chi connectivity index (χ3v) is 12.1. The first-order valence-electron chi connectivity index (χ1n) is 21.1. The minimum Gasteiger partial charge on any atom is -0.227 e. The first kappa shape index (κ1) is 57.7. The Balaban J connectivity index is 1.69. The van der Waals surface area contributed by atoms with E-state index in [0.29, 0.717) is 0 Å². The van der Waals surface area contributed by atoms with Gasteiger partial charge in [-0.15, -0.1) is 0 Å². The van der Waals surface area contributed by atoms with E-state index in [9.17, 15) is 26.3 Å². The minimum atomic E-state index is -3.32. The van der Waals surface area contributed by atoms with Gasteiger partial charge in [-0.05, 0) is 0 Å². The normalized spacial score (nSPS) is 11.9. The Kier molecular flexibility index (Phi) is 13.4. The lowest BCUT2D eigenvalue weighted by Crippen LogP contribution is -2.13. The van der Waals surface area contributed by atoms with Crippen molar-refractivity contribution in [2.24, 2.45) is 0 Å². The van der Waals surface area contributed by atoms with E-state index >= 15 is 105 Å². The lowest BCUT2D eigenvalue weighted by atomic mass is 9.93. The van der Waals surface area contributed by atoms with Crippen LogP contribution in [0.5, 0.6) is 0 Å². The van der Waals surface area contributed by atoms with E-state index in [-0.39, 0.29) is 0 Å². The predicted octanol–water partition coefficient (Wildman–Crippen LogP) is 15.7. The predicted molar refractivity (Wildman–Crippen MR) is 217 cm³/mol. The van der Waals surface area contributed by atoms with Gasteiger partial charge in [0.05, 0.1) is 83.2 Å². The van der Waals surface area contributed by atoms with Gasteiger partial charge in [0.15, 0.2) is 157 Å². The van der Waals surface area contributed by atoms with Crippen molar-refractivity contribution >= 4 is 32.7 Å². The van der Waals surface area contributed by atoms with E-state index in [4.69, 9.17) is 0 Å². The summed E-state index contributed by atoms with van der Waals surface area (Å²) in [6.07, 6.45) is 0. The van der Waals surface area contributed by atoms with Gasteiger partial charge in [0.25, 0.3) is 0 Å². The molecule has 36 heteroatoms. The Hall–Kier alpha value is -9.54. The van der Waals surface area contributed by atoms with Crippen LogP contribution in [0.15, 0.2) is 0 Å². The average Bonchev–Trinajstić information content (AvgIpc) is 0.754. The van der Waals surface area contributed by atoms with Gasteiger partial charge in [0, 0.05) is 0 Å². The highest BCUT2D eigenvalue weighted by Gasteiger charge is 2.40. The van der Waals surface area contributed by atoms with Crippen LogP contribution >= 0.6 is 0 Å². The van der Waals surface area contributed by atoms with Crippen molar-refractivity contribution in [1.82, 2.24) is 29.9 Å². The van der Waals surface area contributed by atoms with Crippen molar-refractivity contribution < 1.29 is 132 Å².